The molecule has 1 aromatic heterocycles. The molecule has 0 amide bonds. The maximum Gasteiger partial charge on any atom is 0.268 e. The van der Waals surface area contributed by atoms with Crippen LogP contribution in [-0.2, 0) is 10.0 Å². The molecule has 2 aromatic carbocycles. The van der Waals surface area contributed by atoms with Crippen LogP contribution in [0, 0.1) is 13.8 Å². The lowest BCUT2D eigenvalue weighted by atomic mass is 10.2. The van der Waals surface area contributed by atoms with E-state index in [2.05, 4.69) is 10.2 Å². The molecule has 28 heavy (non-hydrogen) atoms. The Hall–Kier alpha value is -1.73. The van der Waals surface area contributed by atoms with Gasteiger partial charge in [0.25, 0.3) is 10.0 Å². The molecule has 0 spiro atoms. The molecule has 8 heteroatoms. The zero-order valence-electron chi connectivity index (χ0n) is 15.8. The smallest absolute Gasteiger partial charge is 0.268 e. The number of aromatic nitrogens is 1. The predicted octanol–water partition coefficient (Wildman–Crippen LogP) is 3.98. The summed E-state index contributed by atoms with van der Waals surface area (Å²) in [7, 11) is -3.69. The summed E-state index contributed by atoms with van der Waals surface area (Å²) in [6.07, 6.45) is 1.63. The van der Waals surface area contributed by atoms with Crippen molar-refractivity contribution in [2.45, 2.75) is 18.7 Å². The van der Waals surface area contributed by atoms with Gasteiger partial charge in [0.1, 0.15) is 0 Å². The topological polar surface area (TPSA) is 54.3 Å². The Morgan fingerprint density at radius 2 is 1.75 bits per heavy atom. The van der Waals surface area contributed by atoms with Crippen LogP contribution in [0.3, 0.4) is 0 Å². The van der Waals surface area contributed by atoms with E-state index in [0.29, 0.717) is 15.4 Å². The third-order valence-electron chi connectivity index (χ3n) is 5.07. The number of fused-ring (bicyclic) bond motifs is 1. The molecule has 0 saturated carbocycles. The van der Waals surface area contributed by atoms with Gasteiger partial charge < -0.3 is 10.2 Å². The Bertz CT molecular complexity index is 1120. The average Bonchev–Trinajstić information content (AvgIpc) is 3.09. The van der Waals surface area contributed by atoms with Gasteiger partial charge in [-0.3, -0.25) is 0 Å². The predicted molar refractivity (Wildman–Crippen MR) is 118 cm³/mol. The maximum atomic E-state index is 13.4. The number of hydrogen-bond donors (Lipinski definition) is 1. The first kappa shape index (κ1) is 21.0. The summed E-state index contributed by atoms with van der Waals surface area (Å²) in [6.45, 7) is 7.17. The molecule has 0 aliphatic carbocycles. The summed E-state index contributed by atoms with van der Waals surface area (Å²) >= 11 is 6.50. The van der Waals surface area contributed by atoms with E-state index in [9.17, 15) is 8.42 Å². The molecule has 0 unspecified atom stereocenters. The minimum atomic E-state index is -3.69. The van der Waals surface area contributed by atoms with Crippen LogP contribution >= 0.6 is 24.0 Å². The Balaban J connectivity index is 0.00000225. The van der Waals surface area contributed by atoms with Crippen LogP contribution in [0.5, 0.6) is 0 Å². The van der Waals surface area contributed by atoms with E-state index in [1.807, 2.05) is 32.0 Å². The Morgan fingerprint density at radius 1 is 1.04 bits per heavy atom. The summed E-state index contributed by atoms with van der Waals surface area (Å²) in [5, 5.41) is 4.83. The number of nitrogens with one attached hydrogen (secondary N) is 1. The maximum absolute atomic E-state index is 13.4. The fourth-order valence-corrected chi connectivity index (χ4v) is 5.61. The van der Waals surface area contributed by atoms with Crippen LogP contribution in [0.25, 0.3) is 10.9 Å². The molecule has 2 heterocycles. The van der Waals surface area contributed by atoms with E-state index in [1.54, 1.807) is 24.4 Å². The number of anilines is 1. The van der Waals surface area contributed by atoms with Crippen molar-refractivity contribution in [2.75, 3.05) is 31.1 Å². The molecule has 5 nitrogen and oxygen atoms in total. The summed E-state index contributed by atoms with van der Waals surface area (Å²) < 4.78 is 28.1. The van der Waals surface area contributed by atoms with E-state index >= 15 is 0 Å². The number of benzene rings is 2. The van der Waals surface area contributed by atoms with Crippen LogP contribution in [0.4, 0.5) is 5.69 Å². The highest BCUT2D eigenvalue weighted by Crippen LogP contribution is 2.36. The second-order valence-electron chi connectivity index (χ2n) is 6.95. The largest absolute Gasteiger partial charge is 0.367 e. The zero-order valence-corrected chi connectivity index (χ0v) is 18.2. The summed E-state index contributed by atoms with van der Waals surface area (Å²) in [5.41, 5.74) is 3.21. The third-order valence-corrected chi connectivity index (χ3v) is 7.21. The van der Waals surface area contributed by atoms with Gasteiger partial charge in [-0.1, -0.05) is 23.7 Å². The second kappa shape index (κ2) is 7.95. The van der Waals surface area contributed by atoms with E-state index < -0.39 is 10.0 Å². The van der Waals surface area contributed by atoms with Gasteiger partial charge in [0, 0.05) is 37.8 Å². The third kappa shape index (κ3) is 3.50. The molecule has 150 valence electrons. The SMILES string of the molecule is Cc1ccc(C)c(S(=O)(=O)n2ccc3c(N4CCNCC4)c(Cl)ccc32)c1.Cl. The average molecular weight is 440 g/mol. The first-order valence-electron chi connectivity index (χ1n) is 8.97. The number of aryl methyl sites for hydroxylation is 2. The van der Waals surface area contributed by atoms with Gasteiger partial charge in [-0.05, 0) is 49.2 Å². The van der Waals surface area contributed by atoms with Gasteiger partial charge in [-0.2, -0.15) is 0 Å². The van der Waals surface area contributed by atoms with Gasteiger partial charge in [0.2, 0.25) is 0 Å². The number of piperazine rings is 1. The molecule has 1 fully saturated rings. The van der Waals surface area contributed by atoms with Crippen molar-refractivity contribution in [1.82, 2.24) is 9.29 Å². The molecule has 4 rings (SSSR count). The van der Waals surface area contributed by atoms with Gasteiger partial charge in [0.05, 0.1) is 21.1 Å². The minimum absolute atomic E-state index is 0. The highest BCUT2D eigenvalue weighted by molar-refractivity contribution is 7.90. The van der Waals surface area contributed by atoms with Crippen LogP contribution in [-0.4, -0.2) is 38.6 Å². The van der Waals surface area contributed by atoms with Crippen LogP contribution in [0.15, 0.2) is 47.5 Å². The van der Waals surface area contributed by atoms with E-state index in [0.717, 1.165) is 48.4 Å². The quantitative estimate of drug-likeness (QED) is 0.670. The molecule has 1 aliphatic rings. The Labute approximate surface area is 176 Å². The van der Waals surface area contributed by atoms with Crippen molar-refractivity contribution >= 4 is 50.6 Å². The molecule has 3 aromatic rings. The highest BCUT2D eigenvalue weighted by Gasteiger charge is 2.24. The number of nitrogens with zero attached hydrogens (tertiary/aromatic N) is 2. The first-order chi connectivity index (χ1) is 12.9. The zero-order chi connectivity index (χ0) is 19.2. The van der Waals surface area contributed by atoms with Crippen molar-refractivity contribution < 1.29 is 8.42 Å². The van der Waals surface area contributed by atoms with Crippen molar-refractivity contribution in [2.24, 2.45) is 0 Å². The number of halogens is 2. The summed E-state index contributed by atoms with van der Waals surface area (Å²) in [4.78, 5) is 2.55. The van der Waals surface area contributed by atoms with E-state index in [1.165, 1.54) is 3.97 Å². The van der Waals surface area contributed by atoms with Crippen molar-refractivity contribution in [3.63, 3.8) is 0 Å². The fourth-order valence-electron chi connectivity index (χ4n) is 3.66. The number of rotatable bonds is 3. The Kier molecular flexibility index (Phi) is 5.96. The van der Waals surface area contributed by atoms with Crippen molar-refractivity contribution in [1.29, 1.82) is 0 Å². The lowest BCUT2D eigenvalue weighted by Crippen LogP contribution is -2.43. The molecular formula is C20H23Cl2N3O2S. The molecule has 1 saturated heterocycles. The van der Waals surface area contributed by atoms with Gasteiger partial charge in [0.15, 0.2) is 0 Å². The standard InChI is InChI=1S/C20H22ClN3O2S.ClH/c1-14-3-4-15(2)19(13-14)27(25,26)24-10-7-16-18(24)6-5-17(21)20(16)23-11-8-22-9-12-23;/h3-7,10,13,22H,8-9,11-12H2,1-2H3;1H. The van der Waals surface area contributed by atoms with Crippen LogP contribution < -0.4 is 10.2 Å². The normalized spacial score (nSPS) is 14.9. The summed E-state index contributed by atoms with van der Waals surface area (Å²) in [6, 6.07) is 10.9. The van der Waals surface area contributed by atoms with Gasteiger partial charge in [-0.25, -0.2) is 12.4 Å². The van der Waals surface area contributed by atoms with E-state index in [4.69, 9.17) is 11.6 Å². The second-order valence-corrected chi connectivity index (χ2v) is 9.14. The first-order valence-corrected chi connectivity index (χ1v) is 10.8. The van der Waals surface area contributed by atoms with E-state index in [-0.39, 0.29) is 12.4 Å². The summed E-state index contributed by atoms with van der Waals surface area (Å²) in [5.74, 6) is 0. The van der Waals surface area contributed by atoms with Gasteiger partial charge in [-0.15, -0.1) is 12.4 Å². The van der Waals surface area contributed by atoms with Crippen LogP contribution in [0.1, 0.15) is 11.1 Å². The van der Waals surface area contributed by atoms with Crippen LogP contribution in [0.2, 0.25) is 5.02 Å². The highest BCUT2D eigenvalue weighted by atomic mass is 35.5. The lowest BCUT2D eigenvalue weighted by molar-refractivity contribution is 0.588. The molecule has 1 N–H and O–H groups in total. The Morgan fingerprint density at radius 3 is 2.46 bits per heavy atom. The molecule has 0 bridgehead atoms. The molecule has 0 atom stereocenters. The lowest BCUT2D eigenvalue weighted by Gasteiger charge is -2.30. The molecular weight excluding hydrogens is 417 g/mol. The monoisotopic (exact) mass is 439 g/mol. The minimum Gasteiger partial charge on any atom is -0.367 e. The number of hydrogen-bond acceptors (Lipinski definition) is 4. The molecule has 1 aliphatic heterocycles. The molecule has 0 radical (unpaired) electrons. The van der Waals surface area contributed by atoms with Crippen molar-refractivity contribution in [3.05, 3.63) is 58.7 Å². The van der Waals surface area contributed by atoms with Gasteiger partial charge >= 0.3 is 0 Å². The van der Waals surface area contributed by atoms with Crippen molar-refractivity contribution in [3.8, 4) is 0 Å². The fraction of sp³-hybridized carbons (Fsp3) is 0.300.